The number of ether oxygens (including phenoxy) is 3. The fourth-order valence-electron chi connectivity index (χ4n) is 4.16. The van der Waals surface area contributed by atoms with Gasteiger partial charge in [0, 0.05) is 19.6 Å². The summed E-state index contributed by atoms with van der Waals surface area (Å²) in [6.07, 6.45) is 2.62. The largest absolute Gasteiger partial charge is 0.494 e. The van der Waals surface area contributed by atoms with Crippen LogP contribution < -0.4 is 24.4 Å². The summed E-state index contributed by atoms with van der Waals surface area (Å²) in [6.45, 7) is 4.83. The number of benzene rings is 2. The molecule has 0 aliphatic carbocycles. The number of piperidine rings is 1. The number of hydrogen-bond donors (Lipinski definition) is 1. The van der Waals surface area contributed by atoms with E-state index in [-0.39, 0.29) is 11.8 Å². The molecule has 33 heavy (non-hydrogen) atoms. The summed E-state index contributed by atoms with van der Waals surface area (Å²) in [5, 5.41) is 4.09. The number of methoxy groups -OCH3 is 2. The molecule has 1 aliphatic rings. The molecule has 1 aliphatic heterocycles. The van der Waals surface area contributed by atoms with E-state index in [1.54, 1.807) is 25.6 Å². The number of thiazole rings is 1. The maximum absolute atomic E-state index is 12.9. The molecule has 8 heteroatoms. The molecule has 1 aromatic heterocycles. The van der Waals surface area contributed by atoms with E-state index in [9.17, 15) is 4.79 Å². The van der Waals surface area contributed by atoms with Crippen molar-refractivity contribution >= 4 is 32.6 Å². The van der Waals surface area contributed by atoms with Crippen molar-refractivity contribution in [3.8, 4) is 17.2 Å². The number of carbonyl (C=O) groups is 1. The van der Waals surface area contributed by atoms with Gasteiger partial charge >= 0.3 is 0 Å². The third kappa shape index (κ3) is 5.50. The number of rotatable bonds is 9. The molecule has 2 heterocycles. The van der Waals surface area contributed by atoms with Crippen molar-refractivity contribution in [1.82, 2.24) is 10.3 Å². The Morgan fingerprint density at radius 3 is 2.82 bits per heavy atom. The van der Waals surface area contributed by atoms with Crippen LogP contribution in [0.2, 0.25) is 0 Å². The monoisotopic (exact) mass is 469 g/mol. The Hall–Kier alpha value is -3.00. The Labute approximate surface area is 198 Å². The van der Waals surface area contributed by atoms with Crippen molar-refractivity contribution in [2.24, 2.45) is 5.92 Å². The Morgan fingerprint density at radius 1 is 1.18 bits per heavy atom. The molecule has 0 saturated carbocycles. The van der Waals surface area contributed by atoms with E-state index in [0.29, 0.717) is 31.2 Å². The van der Waals surface area contributed by atoms with Crippen molar-refractivity contribution < 1.29 is 19.0 Å². The second kappa shape index (κ2) is 10.7. The van der Waals surface area contributed by atoms with Crippen LogP contribution in [-0.2, 0) is 11.2 Å². The van der Waals surface area contributed by atoms with Gasteiger partial charge in [0.25, 0.3) is 0 Å². The molecule has 1 fully saturated rings. The van der Waals surface area contributed by atoms with E-state index >= 15 is 0 Å². The molecular formula is C25H31N3O4S. The molecule has 1 amide bonds. The number of carbonyl (C=O) groups excluding carboxylic acids is 1. The smallest absolute Gasteiger partial charge is 0.224 e. The van der Waals surface area contributed by atoms with Gasteiger partial charge in [0.05, 0.1) is 37.0 Å². The molecule has 4 rings (SSSR count). The number of nitrogens with one attached hydrogen (secondary N) is 1. The van der Waals surface area contributed by atoms with E-state index in [2.05, 4.69) is 10.2 Å². The average molecular weight is 470 g/mol. The van der Waals surface area contributed by atoms with Gasteiger partial charge in [-0.2, -0.15) is 0 Å². The summed E-state index contributed by atoms with van der Waals surface area (Å²) in [7, 11) is 3.25. The molecule has 7 nitrogen and oxygen atoms in total. The molecule has 0 radical (unpaired) electrons. The Balaban J connectivity index is 1.33. The highest BCUT2D eigenvalue weighted by Crippen LogP contribution is 2.33. The van der Waals surface area contributed by atoms with Crippen molar-refractivity contribution in [1.29, 1.82) is 0 Å². The first-order chi connectivity index (χ1) is 16.1. The van der Waals surface area contributed by atoms with Gasteiger partial charge in [0.15, 0.2) is 16.6 Å². The molecule has 176 valence electrons. The molecule has 1 atom stereocenters. The molecule has 2 aromatic carbocycles. The third-order valence-corrected chi connectivity index (χ3v) is 6.96. The van der Waals surface area contributed by atoms with E-state index in [1.807, 2.05) is 43.3 Å². The van der Waals surface area contributed by atoms with Crippen molar-refractivity contribution in [3.63, 3.8) is 0 Å². The third-order valence-electron chi connectivity index (χ3n) is 5.88. The zero-order valence-corrected chi connectivity index (χ0v) is 20.2. The van der Waals surface area contributed by atoms with E-state index in [0.717, 1.165) is 52.5 Å². The van der Waals surface area contributed by atoms with Gasteiger partial charge < -0.3 is 24.4 Å². The van der Waals surface area contributed by atoms with Crippen LogP contribution in [-0.4, -0.2) is 51.4 Å². The lowest BCUT2D eigenvalue weighted by Crippen LogP contribution is -2.43. The van der Waals surface area contributed by atoms with Gasteiger partial charge in [-0.1, -0.05) is 17.4 Å². The number of fused-ring (bicyclic) bond motifs is 1. The van der Waals surface area contributed by atoms with Crippen molar-refractivity contribution in [3.05, 3.63) is 42.0 Å². The van der Waals surface area contributed by atoms with Crippen molar-refractivity contribution in [2.75, 3.05) is 45.4 Å². The van der Waals surface area contributed by atoms with Crippen LogP contribution in [0.5, 0.6) is 17.2 Å². The highest BCUT2D eigenvalue weighted by molar-refractivity contribution is 7.22. The van der Waals surface area contributed by atoms with Crippen LogP contribution in [0.25, 0.3) is 10.2 Å². The van der Waals surface area contributed by atoms with Gasteiger partial charge in [-0.3, -0.25) is 4.79 Å². The van der Waals surface area contributed by atoms with E-state index in [1.165, 1.54) is 0 Å². The minimum absolute atomic E-state index is 0.0323. The minimum atomic E-state index is -0.0323. The molecule has 1 N–H and O–H groups in total. The second-order valence-electron chi connectivity index (χ2n) is 8.07. The summed E-state index contributed by atoms with van der Waals surface area (Å²) >= 11 is 1.66. The van der Waals surface area contributed by atoms with Crippen LogP contribution in [0.1, 0.15) is 25.3 Å². The highest BCUT2D eigenvalue weighted by Gasteiger charge is 2.27. The molecule has 3 aromatic rings. The van der Waals surface area contributed by atoms with Gasteiger partial charge in [-0.05, 0) is 62.1 Å². The van der Waals surface area contributed by atoms with E-state index < -0.39 is 0 Å². The summed E-state index contributed by atoms with van der Waals surface area (Å²) < 4.78 is 17.4. The van der Waals surface area contributed by atoms with Gasteiger partial charge in [-0.15, -0.1) is 0 Å². The second-order valence-corrected chi connectivity index (χ2v) is 9.08. The van der Waals surface area contributed by atoms with E-state index in [4.69, 9.17) is 19.2 Å². The maximum atomic E-state index is 12.9. The Kier molecular flexibility index (Phi) is 7.54. The van der Waals surface area contributed by atoms with Crippen LogP contribution in [0.3, 0.4) is 0 Å². The zero-order chi connectivity index (χ0) is 23.2. The Bertz CT molecular complexity index is 1100. The summed E-state index contributed by atoms with van der Waals surface area (Å²) in [5.41, 5.74) is 2.07. The van der Waals surface area contributed by atoms with Crippen LogP contribution in [0, 0.1) is 5.92 Å². The maximum Gasteiger partial charge on any atom is 0.224 e. The number of amides is 1. The number of hydrogen-bond acceptors (Lipinski definition) is 7. The quantitative estimate of drug-likeness (QED) is 0.504. The molecule has 1 saturated heterocycles. The SMILES string of the molecule is CCOc1ccc2nc(N3CCC[C@@H](C(=O)NCCc4ccc(OC)c(OC)c4)C3)sc2c1. The normalized spacial score (nSPS) is 16.0. The van der Waals surface area contributed by atoms with Crippen LogP contribution >= 0.6 is 11.3 Å². The molecule has 0 spiro atoms. The van der Waals surface area contributed by atoms with Crippen LogP contribution in [0.4, 0.5) is 5.13 Å². The van der Waals surface area contributed by atoms with Crippen LogP contribution in [0.15, 0.2) is 36.4 Å². The fraction of sp³-hybridized carbons (Fsp3) is 0.440. The minimum Gasteiger partial charge on any atom is -0.494 e. The summed E-state index contributed by atoms with van der Waals surface area (Å²) in [6, 6.07) is 11.9. The van der Waals surface area contributed by atoms with Gasteiger partial charge in [0.2, 0.25) is 5.91 Å². The molecule has 0 bridgehead atoms. The fourth-order valence-corrected chi connectivity index (χ4v) is 5.19. The lowest BCUT2D eigenvalue weighted by molar-refractivity contribution is -0.125. The van der Waals surface area contributed by atoms with Crippen molar-refractivity contribution in [2.45, 2.75) is 26.2 Å². The number of nitrogens with zero attached hydrogens (tertiary/aromatic N) is 2. The molecule has 0 unspecified atom stereocenters. The highest BCUT2D eigenvalue weighted by atomic mass is 32.1. The topological polar surface area (TPSA) is 72.9 Å². The van der Waals surface area contributed by atoms with Gasteiger partial charge in [0.1, 0.15) is 5.75 Å². The zero-order valence-electron chi connectivity index (χ0n) is 19.4. The number of anilines is 1. The lowest BCUT2D eigenvalue weighted by atomic mass is 9.97. The molecular weight excluding hydrogens is 438 g/mol. The van der Waals surface area contributed by atoms with Gasteiger partial charge in [-0.25, -0.2) is 4.98 Å². The number of aromatic nitrogens is 1. The first-order valence-corrected chi connectivity index (χ1v) is 12.2. The lowest BCUT2D eigenvalue weighted by Gasteiger charge is -2.31. The Morgan fingerprint density at radius 2 is 2.03 bits per heavy atom. The average Bonchev–Trinajstić information content (AvgIpc) is 3.27. The standard InChI is InChI=1S/C25H31N3O4S/c1-4-32-19-8-9-20-23(15-19)33-25(27-20)28-13-5-6-18(16-28)24(29)26-12-11-17-7-10-21(30-2)22(14-17)31-3/h7-10,14-15,18H,4-6,11-13,16H2,1-3H3,(H,26,29)/t18-/m1/s1. The summed E-state index contributed by atoms with van der Waals surface area (Å²) in [5.74, 6) is 2.35. The summed E-state index contributed by atoms with van der Waals surface area (Å²) in [4.78, 5) is 19.9. The predicted octanol–water partition coefficient (Wildman–Crippen LogP) is 4.29. The predicted molar refractivity (Wildman–Crippen MR) is 132 cm³/mol. The first kappa shape index (κ1) is 23.2. The first-order valence-electron chi connectivity index (χ1n) is 11.4.